The fraction of sp³-hybridized carbons (Fsp3) is 0.0714. The molecule has 0 saturated heterocycles. The molecule has 5 heteroatoms. The second kappa shape index (κ2) is 5.48. The van der Waals surface area contributed by atoms with Gasteiger partial charge in [0.15, 0.2) is 5.82 Å². The van der Waals surface area contributed by atoms with Crippen LogP contribution in [0.3, 0.4) is 0 Å². The molecule has 0 unspecified atom stereocenters. The van der Waals surface area contributed by atoms with Crippen molar-refractivity contribution in [1.29, 1.82) is 0 Å². The van der Waals surface area contributed by atoms with Gasteiger partial charge in [0.1, 0.15) is 11.6 Å². The lowest BCUT2D eigenvalue weighted by atomic mass is 10.1. The van der Waals surface area contributed by atoms with Gasteiger partial charge in [-0.25, -0.2) is 8.78 Å². The molecule has 0 saturated carbocycles. The number of halogens is 2. The van der Waals surface area contributed by atoms with E-state index in [2.05, 4.69) is 10.5 Å². The Balaban J connectivity index is 2.15. The first-order chi connectivity index (χ1) is 9.06. The molecule has 2 aromatic carbocycles. The first-order valence-electron chi connectivity index (χ1n) is 5.61. The Kier molecular flexibility index (Phi) is 3.75. The summed E-state index contributed by atoms with van der Waals surface area (Å²) in [5.74, 6) is -1.18. The SMILES string of the molecule is CC(=NNc1ccc(F)cc1F)c1ccc(O)cc1. The number of anilines is 1. The second-order valence-corrected chi connectivity index (χ2v) is 3.98. The summed E-state index contributed by atoms with van der Waals surface area (Å²) in [6.45, 7) is 1.74. The average Bonchev–Trinajstić information content (AvgIpc) is 2.38. The van der Waals surface area contributed by atoms with E-state index in [0.717, 1.165) is 17.7 Å². The van der Waals surface area contributed by atoms with Gasteiger partial charge in [0.2, 0.25) is 0 Å². The maximum absolute atomic E-state index is 13.4. The highest BCUT2D eigenvalue weighted by molar-refractivity contribution is 5.99. The first-order valence-corrected chi connectivity index (χ1v) is 5.61. The van der Waals surface area contributed by atoms with Crippen molar-refractivity contribution < 1.29 is 13.9 Å². The van der Waals surface area contributed by atoms with Crippen molar-refractivity contribution in [3.8, 4) is 5.75 Å². The van der Waals surface area contributed by atoms with Crippen molar-refractivity contribution in [3.63, 3.8) is 0 Å². The monoisotopic (exact) mass is 262 g/mol. The van der Waals surface area contributed by atoms with Crippen LogP contribution in [0.1, 0.15) is 12.5 Å². The molecule has 0 aliphatic carbocycles. The minimum absolute atomic E-state index is 0.0968. The molecule has 0 fully saturated rings. The zero-order chi connectivity index (χ0) is 13.8. The largest absolute Gasteiger partial charge is 0.508 e. The van der Waals surface area contributed by atoms with Crippen LogP contribution in [-0.2, 0) is 0 Å². The Morgan fingerprint density at radius 1 is 1.11 bits per heavy atom. The van der Waals surface area contributed by atoms with Crippen LogP contribution in [0.2, 0.25) is 0 Å². The Hall–Kier alpha value is -2.43. The van der Waals surface area contributed by atoms with Gasteiger partial charge in [-0.15, -0.1) is 0 Å². The van der Waals surface area contributed by atoms with Gasteiger partial charge in [-0.05, 0) is 48.9 Å². The molecule has 0 radical (unpaired) electrons. The van der Waals surface area contributed by atoms with Crippen molar-refractivity contribution >= 4 is 11.4 Å². The molecule has 0 atom stereocenters. The lowest BCUT2D eigenvalue weighted by Crippen LogP contribution is -2.00. The van der Waals surface area contributed by atoms with Gasteiger partial charge < -0.3 is 5.11 Å². The second-order valence-electron chi connectivity index (χ2n) is 3.98. The highest BCUT2D eigenvalue weighted by atomic mass is 19.1. The molecule has 2 aromatic rings. The summed E-state index contributed by atoms with van der Waals surface area (Å²) in [5.41, 5.74) is 4.03. The molecule has 0 amide bonds. The minimum atomic E-state index is -0.706. The molecule has 0 aliphatic heterocycles. The van der Waals surface area contributed by atoms with Gasteiger partial charge in [0, 0.05) is 6.07 Å². The first kappa shape index (κ1) is 13.0. The van der Waals surface area contributed by atoms with Crippen LogP contribution in [0, 0.1) is 11.6 Å². The normalized spacial score (nSPS) is 11.4. The summed E-state index contributed by atoms with van der Waals surface area (Å²) in [6.07, 6.45) is 0. The number of hydrogen-bond donors (Lipinski definition) is 2. The van der Waals surface area contributed by atoms with Crippen molar-refractivity contribution in [2.24, 2.45) is 5.10 Å². The zero-order valence-electron chi connectivity index (χ0n) is 10.2. The molecule has 0 aliphatic rings. The Bertz CT molecular complexity index is 609. The predicted octanol–water partition coefficient (Wildman–Crippen LogP) is 3.51. The maximum Gasteiger partial charge on any atom is 0.151 e. The van der Waals surface area contributed by atoms with E-state index in [0.29, 0.717) is 5.71 Å². The van der Waals surface area contributed by atoms with Crippen LogP contribution in [0.4, 0.5) is 14.5 Å². The van der Waals surface area contributed by atoms with Gasteiger partial charge in [-0.3, -0.25) is 5.43 Å². The molecular weight excluding hydrogens is 250 g/mol. The minimum Gasteiger partial charge on any atom is -0.508 e. The smallest absolute Gasteiger partial charge is 0.151 e. The van der Waals surface area contributed by atoms with Crippen molar-refractivity contribution in [2.75, 3.05) is 5.43 Å². The summed E-state index contributed by atoms with van der Waals surface area (Å²) in [4.78, 5) is 0. The number of benzene rings is 2. The summed E-state index contributed by atoms with van der Waals surface area (Å²) >= 11 is 0. The van der Waals surface area contributed by atoms with Gasteiger partial charge in [0.05, 0.1) is 11.4 Å². The average molecular weight is 262 g/mol. The van der Waals surface area contributed by atoms with Gasteiger partial charge in [0.25, 0.3) is 0 Å². The summed E-state index contributed by atoms with van der Waals surface area (Å²) in [6, 6.07) is 9.66. The van der Waals surface area contributed by atoms with E-state index in [-0.39, 0.29) is 11.4 Å². The Morgan fingerprint density at radius 3 is 2.42 bits per heavy atom. The lowest BCUT2D eigenvalue weighted by molar-refractivity contribution is 0.475. The third kappa shape index (κ3) is 3.28. The summed E-state index contributed by atoms with van der Waals surface area (Å²) < 4.78 is 26.1. The molecule has 0 aromatic heterocycles. The topological polar surface area (TPSA) is 44.6 Å². The third-order valence-electron chi connectivity index (χ3n) is 2.56. The number of hydrogen-bond acceptors (Lipinski definition) is 3. The number of rotatable bonds is 3. The van der Waals surface area contributed by atoms with E-state index in [1.54, 1.807) is 19.1 Å². The lowest BCUT2D eigenvalue weighted by Gasteiger charge is -2.05. The quantitative estimate of drug-likeness (QED) is 0.656. The van der Waals surface area contributed by atoms with Gasteiger partial charge in [-0.2, -0.15) is 5.10 Å². The number of nitrogens with zero attached hydrogens (tertiary/aromatic N) is 1. The maximum atomic E-state index is 13.4. The number of hydrazone groups is 1. The van der Waals surface area contributed by atoms with E-state index >= 15 is 0 Å². The Morgan fingerprint density at radius 2 is 1.79 bits per heavy atom. The van der Waals surface area contributed by atoms with Crippen molar-refractivity contribution in [2.45, 2.75) is 6.92 Å². The number of phenolic OH excluding ortho intramolecular Hbond substituents is 1. The molecule has 2 rings (SSSR count). The highest BCUT2D eigenvalue weighted by Crippen LogP contribution is 2.15. The molecular formula is C14H12F2N2O. The van der Waals surface area contributed by atoms with Crippen molar-refractivity contribution in [3.05, 3.63) is 59.7 Å². The molecule has 0 spiro atoms. The summed E-state index contributed by atoms with van der Waals surface area (Å²) in [5, 5.41) is 13.2. The number of aromatic hydroxyl groups is 1. The molecule has 0 bridgehead atoms. The van der Waals surface area contributed by atoms with Gasteiger partial charge in [-0.1, -0.05) is 0 Å². The molecule has 19 heavy (non-hydrogen) atoms. The standard InChI is InChI=1S/C14H12F2N2O/c1-9(10-2-5-12(19)6-3-10)17-18-14-7-4-11(15)8-13(14)16/h2-8,18-19H,1H3. The van der Waals surface area contributed by atoms with Crippen LogP contribution in [0.15, 0.2) is 47.6 Å². The molecule has 2 N–H and O–H groups in total. The van der Waals surface area contributed by atoms with E-state index in [9.17, 15) is 8.78 Å². The van der Waals surface area contributed by atoms with Crippen LogP contribution < -0.4 is 5.43 Å². The highest BCUT2D eigenvalue weighted by Gasteiger charge is 2.03. The Labute approximate surface area is 109 Å². The summed E-state index contributed by atoms with van der Waals surface area (Å²) in [7, 11) is 0. The zero-order valence-corrected chi connectivity index (χ0v) is 10.2. The molecule has 3 nitrogen and oxygen atoms in total. The van der Waals surface area contributed by atoms with Crippen LogP contribution >= 0.6 is 0 Å². The van der Waals surface area contributed by atoms with Crippen LogP contribution in [0.5, 0.6) is 5.75 Å². The van der Waals surface area contributed by atoms with Crippen molar-refractivity contribution in [1.82, 2.24) is 0 Å². The van der Waals surface area contributed by atoms with E-state index in [1.165, 1.54) is 18.2 Å². The van der Waals surface area contributed by atoms with Crippen LogP contribution in [0.25, 0.3) is 0 Å². The van der Waals surface area contributed by atoms with Gasteiger partial charge >= 0.3 is 0 Å². The predicted molar refractivity (Wildman–Crippen MR) is 70.3 cm³/mol. The van der Waals surface area contributed by atoms with E-state index < -0.39 is 11.6 Å². The molecule has 98 valence electrons. The fourth-order valence-corrected chi connectivity index (χ4v) is 1.49. The van der Waals surface area contributed by atoms with Crippen LogP contribution in [-0.4, -0.2) is 10.8 Å². The number of nitrogens with one attached hydrogen (secondary N) is 1. The van der Waals surface area contributed by atoms with E-state index in [1.807, 2.05) is 0 Å². The molecule has 0 heterocycles. The van der Waals surface area contributed by atoms with E-state index in [4.69, 9.17) is 5.11 Å². The fourth-order valence-electron chi connectivity index (χ4n) is 1.49. The number of phenols is 1. The third-order valence-corrected chi connectivity index (χ3v) is 2.56.